The van der Waals surface area contributed by atoms with E-state index in [9.17, 15) is 14.4 Å². The molecule has 0 unspecified atom stereocenters. The molecule has 0 saturated carbocycles. The van der Waals surface area contributed by atoms with Gasteiger partial charge in [-0.15, -0.1) is 0 Å². The molecule has 11 heteroatoms. The van der Waals surface area contributed by atoms with E-state index in [0.29, 0.717) is 30.7 Å². The van der Waals surface area contributed by atoms with Gasteiger partial charge in [-0.25, -0.2) is 10.5 Å². The largest absolute Gasteiger partial charge is 0.465 e. The summed E-state index contributed by atoms with van der Waals surface area (Å²) in [6.07, 6.45) is 8.07. The Bertz CT molecular complexity index is 1740. The summed E-state index contributed by atoms with van der Waals surface area (Å²) in [6, 6.07) is 14.4. The molecule has 0 atom stereocenters. The van der Waals surface area contributed by atoms with Crippen molar-refractivity contribution < 1.29 is 19.2 Å². The number of ether oxygens (including phenoxy) is 1. The highest BCUT2D eigenvalue weighted by molar-refractivity contribution is 5.96. The molecule has 0 bridgehead atoms. The maximum absolute atomic E-state index is 13.3. The number of aryl methyl sites for hydroxylation is 2. The number of pyridine rings is 1. The number of nitrogens with one attached hydrogen (secondary N) is 2. The van der Waals surface area contributed by atoms with Crippen LogP contribution in [0.2, 0.25) is 0 Å². The average Bonchev–Trinajstić information content (AvgIpc) is 3.50. The number of anilines is 2. The number of benzene rings is 2. The van der Waals surface area contributed by atoms with Crippen molar-refractivity contribution in [3.8, 4) is 5.69 Å². The predicted molar refractivity (Wildman–Crippen MR) is 166 cm³/mol. The van der Waals surface area contributed by atoms with Gasteiger partial charge in [0.25, 0.3) is 5.91 Å². The van der Waals surface area contributed by atoms with Crippen LogP contribution in [0.5, 0.6) is 0 Å². The highest BCUT2D eigenvalue weighted by Crippen LogP contribution is 2.30. The Kier molecular flexibility index (Phi) is 8.67. The lowest BCUT2D eigenvalue weighted by atomic mass is 9.89. The molecule has 11 nitrogen and oxygen atoms in total. The number of fused-ring (bicyclic) bond motifs is 2. The zero-order valence-corrected chi connectivity index (χ0v) is 25.0. The minimum atomic E-state index is -0.638. The lowest BCUT2D eigenvalue weighted by Gasteiger charge is -2.31. The zero-order chi connectivity index (χ0) is 30.6. The summed E-state index contributed by atoms with van der Waals surface area (Å²) in [5, 5.41) is 3.49. The Morgan fingerprint density at radius 2 is 1.82 bits per heavy atom. The van der Waals surface area contributed by atoms with Gasteiger partial charge in [-0.05, 0) is 99.0 Å². The smallest absolute Gasteiger partial charge is 0.320 e. The SMILES string of the molecule is CCOC(=O)CN1CCC(c2ccc(Nc3ncc4c(=O)c(C(=O)NOC)cn(-c5ccc6c(c5)CCC6)c4n3)cc2)CC1. The van der Waals surface area contributed by atoms with Gasteiger partial charge in [0.2, 0.25) is 11.4 Å². The molecule has 6 rings (SSSR count). The van der Waals surface area contributed by atoms with Crippen molar-refractivity contribution in [1.29, 1.82) is 0 Å². The van der Waals surface area contributed by atoms with Crippen LogP contribution in [0.4, 0.5) is 11.6 Å². The number of amides is 1. The van der Waals surface area contributed by atoms with Crippen molar-refractivity contribution in [2.75, 3.05) is 38.7 Å². The van der Waals surface area contributed by atoms with Crippen LogP contribution < -0.4 is 16.2 Å². The summed E-state index contributed by atoms with van der Waals surface area (Å²) >= 11 is 0. The Morgan fingerprint density at radius 3 is 2.57 bits per heavy atom. The minimum Gasteiger partial charge on any atom is -0.465 e. The topological polar surface area (TPSA) is 128 Å². The van der Waals surface area contributed by atoms with E-state index in [4.69, 9.17) is 14.6 Å². The van der Waals surface area contributed by atoms with Crippen molar-refractivity contribution in [2.45, 2.75) is 44.9 Å². The number of nitrogens with zero attached hydrogens (tertiary/aromatic N) is 4. The number of esters is 1. The van der Waals surface area contributed by atoms with Gasteiger partial charge >= 0.3 is 5.97 Å². The van der Waals surface area contributed by atoms with Crippen LogP contribution in [-0.2, 0) is 27.2 Å². The van der Waals surface area contributed by atoms with E-state index in [2.05, 4.69) is 44.9 Å². The quantitative estimate of drug-likeness (QED) is 0.217. The molecule has 1 fully saturated rings. The highest BCUT2D eigenvalue weighted by atomic mass is 16.6. The third kappa shape index (κ3) is 6.20. The van der Waals surface area contributed by atoms with Crippen LogP contribution in [0.1, 0.15) is 59.2 Å². The zero-order valence-electron chi connectivity index (χ0n) is 25.0. The normalized spacial score (nSPS) is 15.2. The first-order valence-corrected chi connectivity index (χ1v) is 15.1. The standard InChI is InChI=1S/C33H36N6O5/c1-3-44-29(40)20-38-15-13-23(14-16-38)22-7-10-25(11-8-22)35-33-34-18-27-30(41)28(32(42)37-43-2)19-39(31(27)36-33)26-12-9-21-5-4-6-24(21)17-26/h7-12,17-19,23H,3-6,13-16,20H2,1-2H3,(H,37,42)(H,34,35,36). The van der Waals surface area contributed by atoms with E-state index in [1.807, 2.05) is 25.1 Å². The molecule has 2 aromatic heterocycles. The molecule has 0 radical (unpaired) electrons. The number of piperidine rings is 1. The Morgan fingerprint density at radius 1 is 1.05 bits per heavy atom. The molecule has 2 aromatic carbocycles. The van der Waals surface area contributed by atoms with E-state index in [1.165, 1.54) is 36.2 Å². The second kappa shape index (κ2) is 12.9. The molecule has 228 valence electrons. The van der Waals surface area contributed by atoms with Gasteiger partial charge in [0.1, 0.15) is 5.56 Å². The Labute approximate surface area is 255 Å². The summed E-state index contributed by atoms with van der Waals surface area (Å²) in [6.45, 7) is 4.29. The average molecular weight is 597 g/mol. The molecule has 2 aliphatic rings. The number of hydrogen-bond donors (Lipinski definition) is 2. The van der Waals surface area contributed by atoms with Gasteiger partial charge in [-0.3, -0.25) is 24.1 Å². The Hall–Kier alpha value is -4.61. The van der Waals surface area contributed by atoms with Gasteiger partial charge in [-0.1, -0.05) is 18.2 Å². The number of aromatic nitrogens is 3. The first kappa shape index (κ1) is 29.5. The van der Waals surface area contributed by atoms with Crippen molar-refractivity contribution in [1.82, 2.24) is 24.9 Å². The van der Waals surface area contributed by atoms with Gasteiger partial charge in [0.15, 0.2) is 5.65 Å². The van der Waals surface area contributed by atoms with E-state index in [1.54, 1.807) is 4.57 Å². The van der Waals surface area contributed by atoms with Crippen LogP contribution in [0, 0.1) is 0 Å². The van der Waals surface area contributed by atoms with E-state index in [-0.39, 0.29) is 16.9 Å². The van der Waals surface area contributed by atoms with Crippen molar-refractivity contribution in [3.63, 3.8) is 0 Å². The van der Waals surface area contributed by atoms with Gasteiger partial charge in [-0.2, -0.15) is 4.98 Å². The van der Waals surface area contributed by atoms with Crippen LogP contribution >= 0.6 is 0 Å². The molecule has 2 N–H and O–H groups in total. The summed E-state index contributed by atoms with van der Waals surface area (Å²) in [5.74, 6) is -0.0496. The van der Waals surface area contributed by atoms with Gasteiger partial charge in [0.05, 0.1) is 25.6 Å². The van der Waals surface area contributed by atoms with E-state index < -0.39 is 11.3 Å². The van der Waals surface area contributed by atoms with Gasteiger partial charge in [0, 0.05) is 23.8 Å². The number of carbonyl (C=O) groups is 2. The molecule has 0 spiro atoms. The first-order chi connectivity index (χ1) is 21.4. The van der Waals surface area contributed by atoms with E-state index >= 15 is 0 Å². The lowest BCUT2D eigenvalue weighted by molar-refractivity contribution is -0.144. The molecule has 3 heterocycles. The predicted octanol–water partition coefficient (Wildman–Crippen LogP) is 4.05. The van der Waals surface area contributed by atoms with Crippen LogP contribution in [0.3, 0.4) is 0 Å². The number of rotatable bonds is 9. The van der Waals surface area contributed by atoms with Crippen LogP contribution in [0.15, 0.2) is 59.7 Å². The molecule has 44 heavy (non-hydrogen) atoms. The highest BCUT2D eigenvalue weighted by Gasteiger charge is 2.23. The number of hydrogen-bond acceptors (Lipinski definition) is 9. The third-order valence-corrected chi connectivity index (χ3v) is 8.43. The summed E-state index contributed by atoms with van der Waals surface area (Å²) < 4.78 is 6.85. The minimum absolute atomic E-state index is 0.0635. The number of carbonyl (C=O) groups excluding carboxylic acids is 2. The second-order valence-corrected chi connectivity index (χ2v) is 11.2. The monoisotopic (exact) mass is 596 g/mol. The molecule has 1 amide bonds. The number of hydroxylamine groups is 1. The fraction of sp³-hybridized carbons (Fsp3) is 0.364. The molecule has 1 aliphatic carbocycles. The first-order valence-electron chi connectivity index (χ1n) is 15.1. The molecule has 1 saturated heterocycles. The summed E-state index contributed by atoms with van der Waals surface area (Å²) in [5.41, 5.74) is 7.55. The molecular weight excluding hydrogens is 560 g/mol. The number of likely N-dealkylation sites (tertiary alicyclic amines) is 1. The van der Waals surface area contributed by atoms with E-state index in [0.717, 1.165) is 56.6 Å². The van der Waals surface area contributed by atoms with Gasteiger partial charge < -0.3 is 14.6 Å². The molecular formula is C33H36N6O5. The second-order valence-electron chi connectivity index (χ2n) is 11.2. The molecule has 1 aliphatic heterocycles. The maximum atomic E-state index is 13.3. The van der Waals surface area contributed by atoms with Crippen molar-refractivity contribution >= 4 is 34.5 Å². The lowest BCUT2D eigenvalue weighted by Crippen LogP contribution is -2.37. The van der Waals surface area contributed by atoms with Crippen molar-refractivity contribution in [2.24, 2.45) is 0 Å². The fourth-order valence-corrected chi connectivity index (χ4v) is 6.17. The Balaban J connectivity index is 1.24. The maximum Gasteiger partial charge on any atom is 0.320 e. The van der Waals surface area contributed by atoms with Crippen LogP contribution in [0.25, 0.3) is 16.7 Å². The van der Waals surface area contributed by atoms with Crippen molar-refractivity contribution in [3.05, 3.63) is 87.3 Å². The summed E-state index contributed by atoms with van der Waals surface area (Å²) in [4.78, 5) is 53.9. The van der Waals surface area contributed by atoms with Crippen LogP contribution in [-0.4, -0.2) is 64.7 Å². The fourth-order valence-electron chi connectivity index (χ4n) is 6.17. The summed E-state index contributed by atoms with van der Waals surface area (Å²) in [7, 11) is 1.32. The third-order valence-electron chi connectivity index (χ3n) is 8.43. The molecule has 4 aromatic rings.